The lowest BCUT2D eigenvalue weighted by Crippen LogP contribution is -2.70. The van der Waals surface area contributed by atoms with Gasteiger partial charge in [0.05, 0.1) is 12.0 Å². The van der Waals surface area contributed by atoms with Crippen LogP contribution >= 0.6 is 11.6 Å². The van der Waals surface area contributed by atoms with E-state index in [0.717, 1.165) is 12.8 Å². The summed E-state index contributed by atoms with van der Waals surface area (Å²) in [5.41, 5.74) is -4.07. The molecular formula is C15H22ClNO5. The Labute approximate surface area is 134 Å². The molecule has 0 aromatic rings. The van der Waals surface area contributed by atoms with Gasteiger partial charge in [0.25, 0.3) is 0 Å². The Bertz CT molecular complexity index is 492. The first-order valence-electron chi connectivity index (χ1n) is 7.47. The second-order valence-corrected chi connectivity index (χ2v) is 6.63. The Kier molecular flexibility index (Phi) is 4.84. The van der Waals surface area contributed by atoms with Gasteiger partial charge in [-0.2, -0.15) is 0 Å². The molecule has 0 aromatic carbocycles. The van der Waals surface area contributed by atoms with E-state index in [-0.39, 0.29) is 12.3 Å². The van der Waals surface area contributed by atoms with Crippen LogP contribution in [0.4, 0.5) is 0 Å². The Balaban J connectivity index is 2.44. The van der Waals surface area contributed by atoms with Crippen LogP contribution in [0.1, 0.15) is 32.6 Å². The van der Waals surface area contributed by atoms with Crippen LogP contribution in [0, 0.1) is 11.8 Å². The number of aliphatic carboxylic acids is 1. The summed E-state index contributed by atoms with van der Waals surface area (Å²) < 4.78 is 0. The van der Waals surface area contributed by atoms with Gasteiger partial charge in [-0.15, -0.1) is 11.6 Å². The van der Waals surface area contributed by atoms with E-state index in [2.05, 4.69) is 5.32 Å². The average molecular weight is 332 g/mol. The summed E-state index contributed by atoms with van der Waals surface area (Å²) in [7, 11) is 0. The molecule has 0 saturated carbocycles. The fourth-order valence-electron chi connectivity index (χ4n) is 3.65. The lowest BCUT2D eigenvalue weighted by Gasteiger charge is -2.43. The fourth-order valence-corrected chi connectivity index (χ4v) is 3.87. The van der Waals surface area contributed by atoms with Crippen molar-refractivity contribution in [2.24, 2.45) is 11.8 Å². The highest BCUT2D eigenvalue weighted by atomic mass is 35.5. The molecule has 2 rings (SSSR count). The first kappa shape index (κ1) is 17.2. The third kappa shape index (κ3) is 2.43. The summed E-state index contributed by atoms with van der Waals surface area (Å²) in [5, 5.41) is 33.6. The number of carbonyl (C=O) groups is 2. The van der Waals surface area contributed by atoms with E-state index < -0.39 is 41.0 Å². The van der Waals surface area contributed by atoms with Gasteiger partial charge in [0.2, 0.25) is 5.91 Å². The normalized spacial score (nSPS) is 39.5. The maximum Gasteiger partial charge on any atom is 0.335 e. The standard InChI is InChI=1S/C15H22ClNO5/c1-14(22)10(7-8-16)12(19)17-15(14,13(20)21)11(18)9-5-3-2-4-6-9/h3,5,9-11,18,22H,2,4,6-8H2,1H3,(H,17,19)(H,20,21)/t9-,10+,11+,14+,15+/m1/s1. The van der Waals surface area contributed by atoms with Crippen LogP contribution in [0.15, 0.2) is 12.2 Å². The van der Waals surface area contributed by atoms with Crippen LogP contribution in [-0.4, -0.2) is 50.3 Å². The number of carboxylic acids is 1. The van der Waals surface area contributed by atoms with Crippen LogP contribution in [0.2, 0.25) is 0 Å². The first-order valence-corrected chi connectivity index (χ1v) is 8.01. The van der Waals surface area contributed by atoms with Gasteiger partial charge in [0, 0.05) is 11.8 Å². The predicted molar refractivity (Wildman–Crippen MR) is 80.4 cm³/mol. The van der Waals surface area contributed by atoms with Crippen molar-refractivity contribution >= 4 is 23.5 Å². The van der Waals surface area contributed by atoms with Gasteiger partial charge in [-0.3, -0.25) is 4.79 Å². The molecule has 2 aliphatic rings. The third-order valence-electron chi connectivity index (χ3n) is 4.99. The minimum Gasteiger partial charge on any atom is -0.479 e. The van der Waals surface area contributed by atoms with Crippen molar-refractivity contribution < 1.29 is 24.9 Å². The molecule has 1 heterocycles. The molecule has 0 bridgehead atoms. The summed E-state index contributed by atoms with van der Waals surface area (Å²) in [6, 6.07) is 0. The molecule has 6 nitrogen and oxygen atoms in total. The Morgan fingerprint density at radius 1 is 1.59 bits per heavy atom. The minimum absolute atomic E-state index is 0.114. The number of rotatable bonds is 5. The number of aliphatic hydroxyl groups excluding tert-OH is 1. The maximum absolute atomic E-state index is 12.2. The number of carbonyl (C=O) groups excluding carboxylic acids is 1. The molecule has 0 radical (unpaired) electrons. The van der Waals surface area contributed by atoms with Crippen molar-refractivity contribution in [1.29, 1.82) is 0 Å². The second-order valence-electron chi connectivity index (χ2n) is 6.25. The molecule has 0 spiro atoms. The summed E-state index contributed by atoms with van der Waals surface area (Å²) in [4.78, 5) is 24.1. The molecule has 22 heavy (non-hydrogen) atoms. The number of alkyl halides is 1. The van der Waals surface area contributed by atoms with Gasteiger partial charge < -0.3 is 20.6 Å². The predicted octanol–water partition coefficient (Wildman–Crippen LogP) is 0.653. The van der Waals surface area contributed by atoms with E-state index in [1.54, 1.807) is 6.08 Å². The van der Waals surface area contributed by atoms with Crippen LogP contribution < -0.4 is 5.32 Å². The molecule has 0 unspecified atom stereocenters. The number of halogens is 1. The molecule has 1 saturated heterocycles. The van der Waals surface area contributed by atoms with Crippen molar-refractivity contribution in [3.63, 3.8) is 0 Å². The fraction of sp³-hybridized carbons (Fsp3) is 0.733. The number of hydrogen-bond donors (Lipinski definition) is 4. The highest BCUT2D eigenvalue weighted by Crippen LogP contribution is 2.43. The molecule has 1 amide bonds. The van der Waals surface area contributed by atoms with Crippen LogP contribution in [0.25, 0.3) is 0 Å². The van der Waals surface area contributed by atoms with E-state index in [1.807, 2.05) is 6.08 Å². The summed E-state index contributed by atoms with van der Waals surface area (Å²) in [6.45, 7) is 1.28. The second kappa shape index (κ2) is 6.18. The van der Waals surface area contributed by atoms with E-state index >= 15 is 0 Å². The third-order valence-corrected chi connectivity index (χ3v) is 5.21. The van der Waals surface area contributed by atoms with Gasteiger partial charge >= 0.3 is 5.97 Å². The number of hydrogen-bond acceptors (Lipinski definition) is 4. The highest BCUT2D eigenvalue weighted by Gasteiger charge is 2.69. The molecular weight excluding hydrogens is 310 g/mol. The molecule has 5 atom stereocenters. The van der Waals surface area contributed by atoms with Crippen LogP contribution in [-0.2, 0) is 9.59 Å². The van der Waals surface area contributed by atoms with Crippen molar-refractivity contribution in [2.75, 3.05) is 5.88 Å². The highest BCUT2D eigenvalue weighted by molar-refractivity contribution is 6.18. The van der Waals surface area contributed by atoms with Gasteiger partial charge in [0.15, 0.2) is 5.54 Å². The first-order chi connectivity index (χ1) is 10.3. The van der Waals surface area contributed by atoms with Gasteiger partial charge in [-0.05, 0) is 32.6 Å². The number of amides is 1. The number of nitrogens with one attached hydrogen (secondary N) is 1. The van der Waals surface area contributed by atoms with Gasteiger partial charge in [0.1, 0.15) is 5.60 Å². The monoisotopic (exact) mass is 331 g/mol. The van der Waals surface area contributed by atoms with E-state index in [1.165, 1.54) is 6.92 Å². The summed E-state index contributed by atoms with van der Waals surface area (Å²) >= 11 is 5.66. The summed E-state index contributed by atoms with van der Waals surface area (Å²) in [5.74, 6) is -3.31. The molecule has 4 N–H and O–H groups in total. The zero-order chi connectivity index (χ0) is 16.5. The molecule has 124 valence electrons. The smallest absolute Gasteiger partial charge is 0.335 e. The number of aliphatic hydroxyl groups is 2. The summed E-state index contributed by atoms with van der Waals surface area (Å²) in [6.07, 6.45) is 4.68. The topological polar surface area (TPSA) is 107 Å². The van der Waals surface area contributed by atoms with Crippen molar-refractivity contribution in [1.82, 2.24) is 5.32 Å². The van der Waals surface area contributed by atoms with E-state index in [9.17, 15) is 24.9 Å². The molecule has 0 aromatic heterocycles. The Morgan fingerprint density at radius 2 is 2.27 bits per heavy atom. The quantitative estimate of drug-likeness (QED) is 0.437. The molecule has 1 aliphatic heterocycles. The van der Waals surface area contributed by atoms with Gasteiger partial charge in [-0.1, -0.05) is 12.2 Å². The van der Waals surface area contributed by atoms with Crippen molar-refractivity contribution in [2.45, 2.75) is 49.9 Å². The molecule has 1 fully saturated rings. The number of allylic oxidation sites excluding steroid dienone is 1. The van der Waals surface area contributed by atoms with E-state index in [4.69, 9.17) is 11.6 Å². The largest absolute Gasteiger partial charge is 0.479 e. The van der Waals surface area contributed by atoms with Crippen molar-refractivity contribution in [3.8, 4) is 0 Å². The molecule has 7 heteroatoms. The maximum atomic E-state index is 12.2. The average Bonchev–Trinajstić information content (AvgIpc) is 2.68. The van der Waals surface area contributed by atoms with Gasteiger partial charge in [-0.25, -0.2) is 4.79 Å². The SMILES string of the molecule is C[C@]1(O)[C@@H](CCCl)C(=O)N[C@]1(C(=O)O)[C@@H](O)[C@@H]1C=CCCC1. The minimum atomic E-state index is -2.13. The van der Waals surface area contributed by atoms with Crippen LogP contribution in [0.5, 0.6) is 0 Å². The Morgan fingerprint density at radius 3 is 2.77 bits per heavy atom. The number of carboxylic acid groups (broad SMARTS) is 1. The zero-order valence-electron chi connectivity index (χ0n) is 12.5. The Hall–Kier alpha value is -1.11. The lowest BCUT2D eigenvalue weighted by atomic mass is 9.68. The molecule has 1 aliphatic carbocycles. The van der Waals surface area contributed by atoms with E-state index in [0.29, 0.717) is 6.42 Å². The lowest BCUT2D eigenvalue weighted by molar-refractivity contribution is -0.170. The van der Waals surface area contributed by atoms with Crippen molar-refractivity contribution in [3.05, 3.63) is 12.2 Å². The zero-order valence-corrected chi connectivity index (χ0v) is 13.2. The van der Waals surface area contributed by atoms with Crippen LogP contribution in [0.3, 0.4) is 0 Å².